The Morgan fingerprint density at radius 1 is 1.69 bits per heavy atom. The van der Waals surface area contributed by atoms with Crippen LogP contribution in [0.15, 0.2) is 12.4 Å². The van der Waals surface area contributed by atoms with Gasteiger partial charge in [0.25, 0.3) is 0 Å². The van der Waals surface area contributed by atoms with Gasteiger partial charge in [0.1, 0.15) is 0 Å². The second kappa shape index (κ2) is 4.99. The zero-order valence-corrected chi connectivity index (χ0v) is 8.45. The monoisotopic (exact) mass is 183 g/mol. The van der Waals surface area contributed by atoms with Crippen LogP contribution in [0.2, 0.25) is 0 Å². The van der Waals surface area contributed by atoms with Gasteiger partial charge >= 0.3 is 0 Å². The minimum atomic E-state index is 0.341. The van der Waals surface area contributed by atoms with E-state index in [0.29, 0.717) is 6.04 Å². The highest BCUT2D eigenvalue weighted by molar-refractivity contribution is 5.09. The molecule has 0 aromatic carbocycles. The van der Waals surface area contributed by atoms with Crippen LogP contribution in [0, 0.1) is 0 Å². The first kappa shape index (κ1) is 10.2. The van der Waals surface area contributed by atoms with E-state index < -0.39 is 0 Å². The van der Waals surface area contributed by atoms with Crippen molar-refractivity contribution in [2.75, 3.05) is 20.8 Å². The Bertz CT molecular complexity index is 247. The molecular weight excluding hydrogens is 166 g/mol. The van der Waals surface area contributed by atoms with Gasteiger partial charge in [-0.3, -0.25) is 4.68 Å². The maximum atomic E-state index is 5.04. The van der Waals surface area contributed by atoms with Crippen molar-refractivity contribution in [2.45, 2.75) is 12.5 Å². The normalized spacial score (nSPS) is 13.2. The zero-order valence-electron chi connectivity index (χ0n) is 8.45. The molecule has 0 aliphatic heterocycles. The van der Waals surface area contributed by atoms with Crippen LogP contribution < -0.4 is 5.32 Å². The number of aromatic nitrogens is 2. The van der Waals surface area contributed by atoms with Crippen molar-refractivity contribution in [2.24, 2.45) is 7.05 Å². The number of ether oxygens (including phenoxy) is 1. The lowest BCUT2D eigenvalue weighted by Gasteiger charge is -2.13. The Kier molecular flexibility index (Phi) is 3.92. The number of hydrogen-bond donors (Lipinski definition) is 1. The first-order valence-electron chi connectivity index (χ1n) is 4.42. The molecule has 4 nitrogen and oxygen atoms in total. The van der Waals surface area contributed by atoms with Crippen LogP contribution in [-0.2, 0) is 11.8 Å². The van der Waals surface area contributed by atoms with E-state index in [2.05, 4.69) is 10.4 Å². The SMILES string of the molecule is CNC(CCOC)c1cnn(C)c1. The van der Waals surface area contributed by atoms with Crippen molar-refractivity contribution in [1.82, 2.24) is 15.1 Å². The minimum absolute atomic E-state index is 0.341. The van der Waals surface area contributed by atoms with Gasteiger partial charge in [0.05, 0.1) is 6.20 Å². The van der Waals surface area contributed by atoms with E-state index in [9.17, 15) is 0 Å². The molecule has 0 saturated carbocycles. The van der Waals surface area contributed by atoms with Crippen molar-refractivity contribution >= 4 is 0 Å². The molecule has 0 saturated heterocycles. The molecule has 1 N–H and O–H groups in total. The first-order chi connectivity index (χ1) is 6.27. The molecule has 0 fully saturated rings. The lowest BCUT2D eigenvalue weighted by molar-refractivity contribution is 0.184. The molecule has 1 atom stereocenters. The third-order valence-electron chi connectivity index (χ3n) is 2.09. The first-order valence-corrected chi connectivity index (χ1v) is 4.42. The average molecular weight is 183 g/mol. The highest BCUT2D eigenvalue weighted by Gasteiger charge is 2.09. The number of aryl methyl sites for hydroxylation is 1. The summed E-state index contributed by atoms with van der Waals surface area (Å²) in [6.07, 6.45) is 4.88. The van der Waals surface area contributed by atoms with Gasteiger partial charge in [-0.2, -0.15) is 5.10 Å². The van der Waals surface area contributed by atoms with Gasteiger partial charge in [0, 0.05) is 38.6 Å². The van der Waals surface area contributed by atoms with Gasteiger partial charge in [-0.1, -0.05) is 0 Å². The summed E-state index contributed by atoms with van der Waals surface area (Å²) in [6.45, 7) is 0.764. The fourth-order valence-electron chi connectivity index (χ4n) is 1.33. The summed E-state index contributed by atoms with van der Waals surface area (Å²) in [5.74, 6) is 0. The number of hydrogen-bond acceptors (Lipinski definition) is 3. The summed E-state index contributed by atoms with van der Waals surface area (Å²) in [5, 5.41) is 7.36. The Morgan fingerprint density at radius 3 is 2.92 bits per heavy atom. The highest BCUT2D eigenvalue weighted by atomic mass is 16.5. The standard InChI is InChI=1S/C9H17N3O/c1-10-9(4-5-13-3)8-6-11-12(2)7-8/h6-7,9-10H,4-5H2,1-3H3. The van der Waals surface area contributed by atoms with E-state index in [1.54, 1.807) is 7.11 Å². The van der Waals surface area contributed by atoms with Crippen LogP contribution in [0.5, 0.6) is 0 Å². The maximum Gasteiger partial charge on any atom is 0.0537 e. The predicted molar refractivity (Wildman–Crippen MR) is 51.5 cm³/mol. The number of nitrogens with one attached hydrogen (secondary N) is 1. The van der Waals surface area contributed by atoms with Crippen LogP contribution in [0.4, 0.5) is 0 Å². The van der Waals surface area contributed by atoms with E-state index >= 15 is 0 Å². The largest absolute Gasteiger partial charge is 0.385 e. The third-order valence-corrected chi connectivity index (χ3v) is 2.09. The number of rotatable bonds is 5. The smallest absolute Gasteiger partial charge is 0.0537 e. The van der Waals surface area contributed by atoms with Crippen molar-refractivity contribution in [3.05, 3.63) is 18.0 Å². The second-order valence-electron chi connectivity index (χ2n) is 3.07. The summed E-state index contributed by atoms with van der Waals surface area (Å²) in [4.78, 5) is 0. The Labute approximate surface area is 78.9 Å². The molecule has 1 rings (SSSR count). The molecule has 0 amide bonds. The molecule has 1 unspecified atom stereocenters. The molecular formula is C9H17N3O. The van der Waals surface area contributed by atoms with E-state index in [1.807, 2.05) is 31.2 Å². The van der Waals surface area contributed by atoms with E-state index in [4.69, 9.17) is 4.74 Å². The summed E-state index contributed by atoms with van der Waals surface area (Å²) >= 11 is 0. The Morgan fingerprint density at radius 2 is 2.46 bits per heavy atom. The Balaban J connectivity index is 2.56. The molecule has 0 bridgehead atoms. The third kappa shape index (κ3) is 2.82. The van der Waals surface area contributed by atoms with Gasteiger partial charge in [-0.15, -0.1) is 0 Å². The zero-order chi connectivity index (χ0) is 9.68. The average Bonchev–Trinajstić information content (AvgIpc) is 2.54. The molecule has 1 aromatic heterocycles. The summed E-state index contributed by atoms with van der Waals surface area (Å²) in [5.41, 5.74) is 1.21. The quantitative estimate of drug-likeness (QED) is 0.731. The van der Waals surface area contributed by atoms with Crippen LogP contribution in [-0.4, -0.2) is 30.5 Å². The van der Waals surface area contributed by atoms with Crippen molar-refractivity contribution in [3.8, 4) is 0 Å². The summed E-state index contributed by atoms with van der Waals surface area (Å²) < 4.78 is 6.85. The molecule has 0 aliphatic carbocycles. The summed E-state index contributed by atoms with van der Waals surface area (Å²) in [6, 6.07) is 0.341. The molecule has 0 aliphatic rings. The van der Waals surface area contributed by atoms with Crippen molar-refractivity contribution in [1.29, 1.82) is 0 Å². The molecule has 13 heavy (non-hydrogen) atoms. The second-order valence-corrected chi connectivity index (χ2v) is 3.07. The van der Waals surface area contributed by atoms with Gasteiger partial charge < -0.3 is 10.1 Å². The molecule has 0 radical (unpaired) electrons. The van der Waals surface area contributed by atoms with Crippen molar-refractivity contribution < 1.29 is 4.74 Å². The number of nitrogens with zero attached hydrogens (tertiary/aromatic N) is 2. The van der Waals surface area contributed by atoms with Gasteiger partial charge in [0.2, 0.25) is 0 Å². The fraction of sp³-hybridized carbons (Fsp3) is 0.667. The molecule has 74 valence electrons. The van der Waals surface area contributed by atoms with E-state index in [0.717, 1.165) is 13.0 Å². The fourth-order valence-corrected chi connectivity index (χ4v) is 1.33. The van der Waals surface area contributed by atoms with Crippen LogP contribution >= 0.6 is 0 Å². The van der Waals surface area contributed by atoms with Gasteiger partial charge in [0.15, 0.2) is 0 Å². The predicted octanol–water partition coefficient (Wildman–Crippen LogP) is 0.717. The van der Waals surface area contributed by atoms with E-state index in [1.165, 1.54) is 5.56 Å². The summed E-state index contributed by atoms with van der Waals surface area (Å²) in [7, 11) is 5.59. The molecule has 1 aromatic rings. The number of methoxy groups -OCH3 is 1. The van der Waals surface area contributed by atoms with E-state index in [-0.39, 0.29) is 0 Å². The van der Waals surface area contributed by atoms with Crippen LogP contribution in [0.3, 0.4) is 0 Å². The van der Waals surface area contributed by atoms with Crippen LogP contribution in [0.1, 0.15) is 18.0 Å². The van der Waals surface area contributed by atoms with Gasteiger partial charge in [-0.05, 0) is 13.5 Å². The van der Waals surface area contributed by atoms with Gasteiger partial charge in [-0.25, -0.2) is 0 Å². The highest BCUT2D eigenvalue weighted by Crippen LogP contribution is 2.14. The lowest BCUT2D eigenvalue weighted by Crippen LogP contribution is -2.17. The molecule has 0 spiro atoms. The van der Waals surface area contributed by atoms with Crippen molar-refractivity contribution in [3.63, 3.8) is 0 Å². The lowest BCUT2D eigenvalue weighted by atomic mass is 10.1. The molecule has 4 heteroatoms. The molecule has 1 heterocycles. The maximum absolute atomic E-state index is 5.04. The van der Waals surface area contributed by atoms with Crippen LogP contribution in [0.25, 0.3) is 0 Å². The minimum Gasteiger partial charge on any atom is -0.385 e. The Hall–Kier alpha value is -0.870. The topological polar surface area (TPSA) is 39.1 Å².